The van der Waals surface area contributed by atoms with E-state index in [1.165, 1.54) is 24.7 Å². The van der Waals surface area contributed by atoms with Crippen molar-refractivity contribution >= 4 is 51.7 Å². The molecule has 9 heteroatoms. The van der Waals surface area contributed by atoms with Gasteiger partial charge in [-0.1, -0.05) is 48.0 Å². The number of benzene rings is 1. The van der Waals surface area contributed by atoms with Gasteiger partial charge in [0, 0.05) is 22.9 Å². The van der Waals surface area contributed by atoms with Crippen molar-refractivity contribution in [3.8, 4) is 0 Å². The minimum atomic E-state index is -0.581. The van der Waals surface area contributed by atoms with E-state index in [-0.39, 0.29) is 5.63 Å². The monoisotopic (exact) mass is 401 g/mol. The van der Waals surface area contributed by atoms with Crippen molar-refractivity contribution < 1.29 is 19.0 Å². The lowest BCUT2D eigenvalue weighted by Crippen LogP contribution is -1.96. The summed E-state index contributed by atoms with van der Waals surface area (Å²) in [4.78, 5) is 28.6. The van der Waals surface area contributed by atoms with Gasteiger partial charge in [0.1, 0.15) is 5.58 Å². The predicted molar refractivity (Wildman–Crippen MR) is 97.9 cm³/mol. The molecule has 0 fully saturated rings. The Hall–Kier alpha value is -2.19. The zero-order valence-corrected chi connectivity index (χ0v) is 15.3. The van der Waals surface area contributed by atoms with Crippen molar-refractivity contribution in [3.63, 3.8) is 0 Å². The average Bonchev–Trinajstić information content (AvgIpc) is 2.99. The summed E-state index contributed by atoms with van der Waals surface area (Å²) in [6.45, 7) is 3.12. The van der Waals surface area contributed by atoms with Gasteiger partial charge >= 0.3 is 11.6 Å². The molecule has 0 aliphatic carbocycles. The summed E-state index contributed by atoms with van der Waals surface area (Å²) >= 11 is 12.1. The summed E-state index contributed by atoms with van der Waals surface area (Å²) in [5, 5.41) is 3.56. The number of rotatable bonds is 2. The number of para-hydroxylation sites is 1. The van der Waals surface area contributed by atoms with Gasteiger partial charge in [-0.05, 0) is 23.7 Å². The van der Waals surface area contributed by atoms with Crippen LogP contribution >= 0.6 is 34.7 Å². The molecule has 25 heavy (non-hydrogen) atoms. The van der Waals surface area contributed by atoms with Gasteiger partial charge in [0.25, 0.3) is 0 Å². The molecule has 3 rings (SSSR count). The van der Waals surface area contributed by atoms with Gasteiger partial charge in [-0.15, -0.1) is 0 Å². The second kappa shape index (κ2) is 11.4. The normalized spacial score (nSPS) is 9.24. The van der Waals surface area contributed by atoms with Crippen LogP contribution in [0.3, 0.4) is 0 Å². The third-order valence-corrected chi connectivity index (χ3v) is 3.88. The topological polar surface area (TPSA) is 78.6 Å². The van der Waals surface area contributed by atoms with Gasteiger partial charge in [0.05, 0.1) is 12.1 Å². The van der Waals surface area contributed by atoms with Crippen LogP contribution in [0.25, 0.3) is 11.0 Å². The van der Waals surface area contributed by atoms with Crippen molar-refractivity contribution in [1.29, 1.82) is 0 Å². The van der Waals surface area contributed by atoms with Crippen LogP contribution in [0.1, 0.15) is 0 Å². The summed E-state index contributed by atoms with van der Waals surface area (Å²) in [5.74, 6) is -0.581. The van der Waals surface area contributed by atoms with E-state index in [0.29, 0.717) is 15.8 Å². The number of hydrogen-bond acceptors (Lipinski definition) is 7. The van der Waals surface area contributed by atoms with Gasteiger partial charge in [-0.2, -0.15) is 9.26 Å². The van der Waals surface area contributed by atoms with Crippen molar-refractivity contribution in [1.82, 2.24) is 4.37 Å². The van der Waals surface area contributed by atoms with E-state index in [9.17, 15) is 9.59 Å². The van der Waals surface area contributed by atoms with Crippen molar-refractivity contribution in [2.24, 2.45) is 0 Å². The van der Waals surface area contributed by atoms with Crippen LogP contribution in [0.15, 0.2) is 63.6 Å². The summed E-state index contributed by atoms with van der Waals surface area (Å²) in [7, 11) is 1.25. The molecule has 3 aromatic rings. The van der Waals surface area contributed by atoms with E-state index in [2.05, 4.69) is 20.7 Å². The molecule has 0 spiro atoms. The van der Waals surface area contributed by atoms with E-state index in [4.69, 9.17) is 27.6 Å². The summed E-state index contributed by atoms with van der Waals surface area (Å²) < 4.78 is 8.60. The number of hydrogen-bond donors (Lipinski definition) is 0. The Labute approximate surface area is 157 Å². The Balaban J connectivity index is 0.000000197. The fourth-order valence-electron chi connectivity index (χ4n) is 1.34. The molecular weight excluding hydrogens is 389 g/mol. The number of halogens is 2. The van der Waals surface area contributed by atoms with Crippen LogP contribution in [-0.4, -0.2) is 17.5 Å². The molecule has 0 saturated carbocycles. The third-order valence-electron chi connectivity index (χ3n) is 2.35. The number of nitrogens with zero attached hydrogens (tertiary/aromatic N) is 1. The second-order valence-corrected chi connectivity index (χ2v) is 5.41. The smallest absolute Gasteiger partial charge is 0.365 e. The molecular formula is C16H13Cl2NO5S. The Morgan fingerprint density at radius 1 is 1.28 bits per heavy atom. The van der Waals surface area contributed by atoms with Crippen LogP contribution in [0.4, 0.5) is 0 Å². The Kier molecular flexibility index (Phi) is 9.49. The van der Waals surface area contributed by atoms with Crippen LogP contribution in [0.2, 0.25) is 10.2 Å². The third kappa shape index (κ3) is 7.95. The van der Waals surface area contributed by atoms with Crippen molar-refractivity contribution in [2.45, 2.75) is 0 Å². The molecule has 0 amide bonds. The second-order valence-electron chi connectivity index (χ2n) is 4.02. The Morgan fingerprint density at radius 2 is 2.00 bits per heavy atom. The van der Waals surface area contributed by atoms with E-state index >= 15 is 0 Å². The highest BCUT2D eigenvalue weighted by molar-refractivity contribution is 7.04. The van der Waals surface area contributed by atoms with E-state index < -0.39 is 5.97 Å². The van der Waals surface area contributed by atoms with Gasteiger partial charge in [-0.3, -0.25) is 4.89 Å². The summed E-state index contributed by atoms with van der Waals surface area (Å²) in [6, 6.07) is 10.6. The summed E-state index contributed by atoms with van der Waals surface area (Å²) in [6.07, 6.45) is 1.02. The molecule has 0 saturated heterocycles. The first-order valence-electron chi connectivity index (χ1n) is 6.59. The molecule has 6 nitrogen and oxygen atoms in total. The van der Waals surface area contributed by atoms with Crippen LogP contribution < -0.4 is 5.63 Å². The predicted octanol–water partition coefficient (Wildman–Crippen LogP) is 4.52. The maximum Gasteiger partial charge on any atom is 0.365 e. The molecule has 0 aliphatic heterocycles. The fourth-order valence-corrected chi connectivity index (χ4v) is 2.24. The highest BCUT2D eigenvalue weighted by Gasteiger charge is 1.95. The molecule has 0 radical (unpaired) electrons. The van der Waals surface area contributed by atoms with Crippen LogP contribution in [-0.2, 0) is 14.6 Å². The SMILES string of the molecule is C=CC(=O)OOC.Clc1csnc1Cl.O=c1ccc2ccccc2o1. The van der Waals surface area contributed by atoms with Crippen LogP contribution in [0.5, 0.6) is 0 Å². The maximum atomic E-state index is 10.7. The van der Waals surface area contributed by atoms with Gasteiger partial charge in [0.15, 0.2) is 5.15 Å². The number of carbonyl (C=O) groups is 1. The molecule has 2 aromatic heterocycles. The molecule has 0 bridgehead atoms. The van der Waals surface area contributed by atoms with Gasteiger partial charge in [0.2, 0.25) is 0 Å². The average molecular weight is 402 g/mol. The quantitative estimate of drug-likeness (QED) is 0.271. The molecule has 1 aromatic carbocycles. The number of fused-ring (bicyclic) bond motifs is 1. The number of carbonyl (C=O) groups excluding carboxylic acids is 1. The van der Waals surface area contributed by atoms with Gasteiger partial charge < -0.3 is 4.42 Å². The summed E-state index contributed by atoms with van der Waals surface area (Å²) in [5.41, 5.74) is 0.337. The lowest BCUT2D eigenvalue weighted by molar-refractivity contribution is -0.249. The molecule has 0 N–H and O–H groups in total. The molecule has 2 heterocycles. The zero-order valence-electron chi connectivity index (χ0n) is 13.0. The van der Waals surface area contributed by atoms with Crippen molar-refractivity contribution in [3.05, 3.63) is 75.0 Å². The maximum absolute atomic E-state index is 10.7. The van der Waals surface area contributed by atoms with E-state index in [1.54, 1.807) is 17.5 Å². The molecule has 0 aliphatic rings. The van der Waals surface area contributed by atoms with Crippen molar-refractivity contribution in [2.75, 3.05) is 7.11 Å². The highest BCUT2D eigenvalue weighted by Crippen LogP contribution is 2.20. The van der Waals surface area contributed by atoms with E-state index in [1.807, 2.05) is 18.2 Å². The first-order valence-corrected chi connectivity index (χ1v) is 8.18. The molecule has 0 atom stereocenters. The van der Waals surface area contributed by atoms with Crippen LogP contribution in [0, 0.1) is 0 Å². The van der Waals surface area contributed by atoms with Gasteiger partial charge in [-0.25, -0.2) is 9.59 Å². The first-order chi connectivity index (χ1) is 12.0. The molecule has 132 valence electrons. The first kappa shape index (κ1) is 20.9. The van der Waals surface area contributed by atoms with E-state index in [0.717, 1.165) is 11.5 Å². The lowest BCUT2D eigenvalue weighted by Gasteiger charge is -1.91. The molecule has 0 unspecified atom stereocenters. The Morgan fingerprint density at radius 3 is 2.48 bits per heavy atom. The Bertz CT molecular complexity index is 861. The number of aromatic nitrogens is 1. The fraction of sp³-hybridized carbons (Fsp3) is 0.0625. The highest BCUT2D eigenvalue weighted by atomic mass is 35.5. The lowest BCUT2D eigenvalue weighted by atomic mass is 10.2. The zero-order chi connectivity index (χ0) is 18.7. The largest absolute Gasteiger partial charge is 0.423 e. The minimum absolute atomic E-state index is 0.302. The minimum Gasteiger partial charge on any atom is -0.423 e. The standard InChI is InChI=1S/C9H6O2.C4H6O3.C3HCl2NS/c10-9-6-5-7-3-1-2-4-8(7)11-9;1-3-4(5)7-6-2;4-2-1-7-6-3(2)5/h1-6H;3H,1H2,2H3;1H.